The summed E-state index contributed by atoms with van der Waals surface area (Å²) in [6, 6.07) is 8.30. The molecule has 1 aliphatic rings. The number of benzene rings is 2. The van der Waals surface area contributed by atoms with Crippen LogP contribution in [0, 0.1) is 0 Å². The Morgan fingerprint density at radius 3 is 2.00 bits per heavy atom. The van der Waals surface area contributed by atoms with Gasteiger partial charge >= 0.3 is 6.61 Å². The first-order chi connectivity index (χ1) is 15.7. The number of ether oxygens (including phenoxy) is 4. The Kier molecular flexibility index (Phi) is 7.59. The summed E-state index contributed by atoms with van der Waals surface area (Å²) in [5.41, 5.74) is 0.127. The highest BCUT2D eigenvalue weighted by Crippen LogP contribution is 2.32. The van der Waals surface area contributed by atoms with Crippen molar-refractivity contribution in [3.63, 3.8) is 0 Å². The minimum absolute atomic E-state index is 0.0453. The van der Waals surface area contributed by atoms with Crippen LogP contribution in [0.3, 0.4) is 0 Å². The van der Waals surface area contributed by atoms with Gasteiger partial charge in [0.05, 0.1) is 26.2 Å². The van der Waals surface area contributed by atoms with Crippen LogP contribution in [0.2, 0.25) is 0 Å². The van der Waals surface area contributed by atoms with E-state index in [1.807, 2.05) is 0 Å². The summed E-state index contributed by atoms with van der Waals surface area (Å²) in [5, 5.41) is 0. The summed E-state index contributed by atoms with van der Waals surface area (Å²) >= 11 is 0. The minimum atomic E-state index is -3.82. The van der Waals surface area contributed by atoms with Crippen LogP contribution in [0.4, 0.5) is 8.78 Å². The smallest absolute Gasteiger partial charge is 0.387 e. The Balaban J connectivity index is 1.72. The van der Waals surface area contributed by atoms with E-state index in [0.717, 1.165) is 0 Å². The molecule has 0 aromatic heterocycles. The third kappa shape index (κ3) is 5.28. The third-order valence-corrected chi connectivity index (χ3v) is 7.04. The summed E-state index contributed by atoms with van der Waals surface area (Å²) < 4.78 is 72.4. The molecule has 2 aromatic carbocycles. The Bertz CT molecular complexity index is 1100. The van der Waals surface area contributed by atoms with E-state index in [9.17, 15) is 22.0 Å². The van der Waals surface area contributed by atoms with Gasteiger partial charge < -0.3 is 23.8 Å². The molecule has 0 bridgehead atoms. The van der Waals surface area contributed by atoms with Crippen molar-refractivity contribution in [2.75, 3.05) is 47.5 Å². The second-order valence-corrected chi connectivity index (χ2v) is 8.90. The number of halogens is 2. The Hall–Kier alpha value is -3.12. The molecule has 1 saturated heterocycles. The van der Waals surface area contributed by atoms with Crippen molar-refractivity contribution < 1.29 is 40.9 Å². The molecule has 3 rings (SSSR count). The van der Waals surface area contributed by atoms with E-state index in [-0.39, 0.29) is 53.9 Å². The number of amides is 1. The van der Waals surface area contributed by atoms with Crippen LogP contribution in [-0.4, -0.2) is 77.7 Å². The lowest BCUT2D eigenvalue weighted by atomic mass is 10.1. The topological polar surface area (TPSA) is 94.6 Å². The molecule has 2 aromatic rings. The number of hydrogen-bond donors (Lipinski definition) is 0. The van der Waals surface area contributed by atoms with Crippen molar-refractivity contribution in [3.8, 4) is 23.0 Å². The van der Waals surface area contributed by atoms with E-state index in [2.05, 4.69) is 4.74 Å². The summed E-state index contributed by atoms with van der Waals surface area (Å²) in [6.07, 6.45) is 0. The lowest BCUT2D eigenvalue weighted by molar-refractivity contribution is -0.0512. The molecule has 12 heteroatoms. The summed E-state index contributed by atoms with van der Waals surface area (Å²) in [6.45, 7) is -2.68. The maximum atomic E-state index is 13.0. The predicted molar refractivity (Wildman–Crippen MR) is 114 cm³/mol. The van der Waals surface area contributed by atoms with Gasteiger partial charge in [0, 0.05) is 37.8 Å². The fraction of sp³-hybridized carbons (Fsp3) is 0.381. The molecule has 0 spiro atoms. The number of nitrogens with zero attached hydrogens (tertiary/aromatic N) is 2. The fourth-order valence-electron chi connectivity index (χ4n) is 3.44. The van der Waals surface area contributed by atoms with Crippen LogP contribution < -0.4 is 18.9 Å². The molecule has 0 unspecified atom stereocenters. The Morgan fingerprint density at radius 2 is 1.42 bits per heavy atom. The highest BCUT2D eigenvalue weighted by atomic mass is 32.2. The number of rotatable bonds is 8. The van der Waals surface area contributed by atoms with E-state index in [1.54, 1.807) is 0 Å². The van der Waals surface area contributed by atoms with E-state index in [4.69, 9.17) is 14.2 Å². The Labute approximate surface area is 190 Å². The highest BCUT2D eigenvalue weighted by Gasteiger charge is 2.31. The normalized spacial score (nSPS) is 14.8. The molecule has 0 aliphatic carbocycles. The third-order valence-electron chi connectivity index (χ3n) is 5.15. The number of methoxy groups -OCH3 is 3. The minimum Gasteiger partial charge on any atom is -0.493 e. The van der Waals surface area contributed by atoms with Crippen molar-refractivity contribution in [1.29, 1.82) is 0 Å². The van der Waals surface area contributed by atoms with Gasteiger partial charge in [-0.15, -0.1) is 0 Å². The SMILES string of the molecule is COc1ccc(S(=O)(=O)N2CCN(C(=O)c3ccc(OC)c(OC(F)F)c3)CC2)cc1OC. The molecule has 180 valence electrons. The maximum absolute atomic E-state index is 13.0. The van der Waals surface area contributed by atoms with Crippen molar-refractivity contribution in [2.24, 2.45) is 0 Å². The number of carbonyl (C=O) groups excluding carboxylic acids is 1. The van der Waals surface area contributed by atoms with Gasteiger partial charge in [0.2, 0.25) is 10.0 Å². The lowest BCUT2D eigenvalue weighted by Crippen LogP contribution is -2.50. The summed E-state index contributed by atoms with van der Waals surface area (Å²) in [5.74, 6) is 0.0703. The zero-order chi connectivity index (χ0) is 24.2. The Morgan fingerprint density at radius 1 is 0.848 bits per heavy atom. The van der Waals surface area contributed by atoms with E-state index in [0.29, 0.717) is 5.75 Å². The molecule has 0 N–H and O–H groups in total. The molecule has 0 saturated carbocycles. The largest absolute Gasteiger partial charge is 0.493 e. The molecule has 33 heavy (non-hydrogen) atoms. The lowest BCUT2D eigenvalue weighted by Gasteiger charge is -2.34. The average Bonchev–Trinajstić information content (AvgIpc) is 2.82. The molecule has 1 amide bonds. The zero-order valence-corrected chi connectivity index (χ0v) is 19.1. The molecular formula is C21H24F2N2O7S. The molecule has 0 radical (unpaired) electrons. The number of sulfonamides is 1. The van der Waals surface area contributed by atoms with Gasteiger partial charge in [-0.2, -0.15) is 13.1 Å². The summed E-state index contributed by atoms with van der Waals surface area (Å²) in [7, 11) is 0.341. The van der Waals surface area contributed by atoms with Gasteiger partial charge in [0.25, 0.3) is 5.91 Å². The standard InChI is InChI=1S/C21H24F2N2O7S/c1-29-16-7-5-15(13-18(16)31-3)33(27,28)25-10-8-24(9-11-25)20(26)14-4-6-17(30-2)19(12-14)32-21(22)23/h4-7,12-13,21H,8-11H2,1-3H3. The monoisotopic (exact) mass is 486 g/mol. The molecule has 0 atom stereocenters. The van der Waals surface area contributed by atoms with Crippen molar-refractivity contribution in [1.82, 2.24) is 9.21 Å². The van der Waals surface area contributed by atoms with Crippen LogP contribution in [0.5, 0.6) is 23.0 Å². The van der Waals surface area contributed by atoms with E-state index >= 15 is 0 Å². The number of carbonyl (C=O) groups is 1. The van der Waals surface area contributed by atoms with Crippen molar-refractivity contribution in [2.45, 2.75) is 11.5 Å². The highest BCUT2D eigenvalue weighted by molar-refractivity contribution is 7.89. The van der Waals surface area contributed by atoms with Gasteiger partial charge in [0.1, 0.15) is 0 Å². The first-order valence-electron chi connectivity index (χ1n) is 9.85. The first kappa shape index (κ1) is 24.5. The zero-order valence-electron chi connectivity index (χ0n) is 18.3. The molecule has 1 heterocycles. The van der Waals surface area contributed by atoms with Crippen LogP contribution in [0.1, 0.15) is 10.4 Å². The second kappa shape index (κ2) is 10.2. The predicted octanol–water partition coefficient (Wildman–Crippen LogP) is 2.46. The average molecular weight is 486 g/mol. The number of piperazine rings is 1. The number of alkyl halides is 2. The molecule has 9 nitrogen and oxygen atoms in total. The van der Waals surface area contributed by atoms with Gasteiger partial charge in [0.15, 0.2) is 23.0 Å². The van der Waals surface area contributed by atoms with Crippen LogP contribution >= 0.6 is 0 Å². The van der Waals surface area contributed by atoms with Crippen molar-refractivity contribution in [3.05, 3.63) is 42.0 Å². The molecular weight excluding hydrogens is 462 g/mol. The van der Waals surface area contributed by atoms with Crippen LogP contribution in [0.25, 0.3) is 0 Å². The van der Waals surface area contributed by atoms with Gasteiger partial charge in [-0.25, -0.2) is 8.42 Å². The number of hydrogen-bond acceptors (Lipinski definition) is 7. The fourth-order valence-corrected chi connectivity index (χ4v) is 4.88. The van der Waals surface area contributed by atoms with E-state index < -0.39 is 22.5 Å². The van der Waals surface area contributed by atoms with E-state index in [1.165, 1.54) is 66.9 Å². The van der Waals surface area contributed by atoms with Gasteiger partial charge in [-0.1, -0.05) is 0 Å². The summed E-state index contributed by atoms with van der Waals surface area (Å²) in [4.78, 5) is 14.4. The first-order valence-corrected chi connectivity index (χ1v) is 11.3. The molecule has 1 fully saturated rings. The van der Waals surface area contributed by atoms with Crippen LogP contribution in [-0.2, 0) is 10.0 Å². The molecule has 1 aliphatic heterocycles. The van der Waals surface area contributed by atoms with Crippen LogP contribution in [0.15, 0.2) is 41.3 Å². The second-order valence-electron chi connectivity index (χ2n) is 6.96. The maximum Gasteiger partial charge on any atom is 0.387 e. The van der Waals surface area contributed by atoms with Crippen molar-refractivity contribution >= 4 is 15.9 Å². The van der Waals surface area contributed by atoms with Gasteiger partial charge in [-0.05, 0) is 30.3 Å². The quantitative estimate of drug-likeness (QED) is 0.566. The van der Waals surface area contributed by atoms with Gasteiger partial charge in [-0.3, -0.25) is 4.79 Å².